The highest BCUT2D eigenvalue weighted by molar-refractivity contribution is 5.80. The molecule has 2 heterocycles. The maximum absolute atomic E-state index is 13.9. The topological polar surface area (TPSA) is 68.7 Å². The predicted octanol–water partition coefficient (Wildman–Crippen LogP) is 2.36. The lowest BCUT2D eigenvalue weighted by molar-refractivity contribution is 0.263. The number of aliphatic imine (C=N–C) groups is 1. The number of nitrogens with one attached hydrogen (secondary N) is 2. The molecule has 1 unspecified atom stereocenters. The summed E-state index contributed by atoms with van der Waals surface area (Å²) in [5.74, 6) is 1.38. The van der Waals surface area contributed by atoms with Crippen molar-refractivity contribution in [2.45, 2.75) is 26.8 Å². The number of nitrogens with zero attached hydrogens (tertiary/aromatic N) is 5. The summed E-state index contributed by atoms with van der Waals surface area (Å²) in [6.45, 7) is 12.0. The van der Waals surface area contributed by atoms with Crippen molar-refractivity contribution < 1.29 is 4.39 Å². The van der Waals surface area contributed by atoms with Gasteiger partial charge in [-0.2, -0.15) is 0 Å². The van der Waals surface area contributed by atoms with Gasteiger partial charge in [0.2, 0.25) is 5.95 Å². The fraction of sp³-hybridized carbons (Fsp3) is 0.500. The van der Waals surface area contributed by atoms with E-state index in [1.165, 1.54) is 0 Å². The van der Waals surface area contributed by atoms with Crippen molar-refractivity contribution in [3.63, 3.8) is 0 Å². The molecule has 1 fully saturated rings. The van der Waals surface area contributed by atoms with E-state index < -0.39 is 0 Å². The number of anilines is 1. The predicted molar refractivity (Wildman–Crippen MR) is 119 cm³/mol. The summed E-state index contributed by atoms with van der Waals surface area (Å²) in [5.41, 5.74) is 1.56. The van der Waals surface area contributed by atoms with Gasteiger partial charge in [0.25, 0.3) is 0 Å². The van der Waals surface area contributed by atoms with Gasteiger partial charge in [0, 0.05) is 51.7 Å². The molecule has 1 saturated heterocycles. The number of aryl methyl sites for hydroxylation is 1. The molecular weight excluding hydrogens is 381 g/mol. The third-order valence-corrected chi connectivity index (χ3v) is 5.29. The van der Waals surface area contributed by atoms with Crippen LogP contribution in [0.15, 0.2) is 41.7 Å². The summed E-state index contributed by atoms with van der Waals surface area (Å²) in [5, 5.41) is 6.65. The van der Waals surface area contributed by atoms with E-state index in [2.05, 4.69) is 30.4 Å². The Hall–Kier alpha value is -2.74. The van der Waals surface area contributed by atoms with Gasteiger partial charge in [-0.3, -0.25) is 9.89 Å². The van der Waals surface area contributed by atoms with E-state index in [4.69, 9.17) is 4.99 Å². The van der Waals surface area contributed by atoms with Gasteiger partial charge in [0.1, 0.15) is 5.82 Å². The first-order valence-corrected chi connectivity index (χ1v) is 10.6. The average molecular weight is 414 g/mol. The van der Waals surface area contributed by atoms with E-state index in [9.17, 15) is 4.39 Å². The quantitative estimate of drug-likeness (QED) is 0.537. The minimum atomic E-state index is -0.178. The molecule has 1 aliphatic heterocycles. The molecule has 1 aromatic heterocycles. The highest BCUT2D eigenvalue weighted by Gasteiger charge is 2.18. The Labute approximate surface area is 178 Å². The van der Waals surface area contributed by atoms with Crippen LogP contribution in [0.25, 0.3) is 0 Å². The molecule has 0 amide bonds. The molecule has 3 rings (SSSR count). The van der Waals surface area contributed by atoms with Gasteiger partial charge in [-0.25, -0.2) is 14.4 Å². The van der Waals surface area contributed by atoms with Crippen molar-refractivity contribution in [2.75, 3.05) is 50.7 Å². The zero-order valence-corrected chi connectivity index (χ0v) is 18.1. The van der Waals surface area contributed by atoms with Gasteiger partial charge in [-0.15, -0.1) is 0 Å². The second-order valence-electron chi connectivity index (χ2n) is 7.51. The van der Waals surface area contributed by atoms with Crippen LogP contribution in [0.2, 0.25) is 0 Å². The molecule has 0 bridgehead atoms. The third kappa shape index (κ3) is 6.13. The van der Waals surface area contributed by atoms with Crippen molar-refractivity contribution >= 4 is 11.9 Å². The second kappa shape index (κ2) is 10.9. The minimum Gasteiger partial charge on any atom is -0.357 e. The molecule has 8 heteroatoms. The maximum Gasteiger partial charge on any atom is 0.225 e. The second-order valence-corrected chi connectivity index (χ2v) is 7.51. The lowest BCUT2D eigenvalue weighted by Gasteiger charge is -2.34. The van der Waals surface area contributed by atoms with Gasteiger partial charge in [0.05, 0.1) is 12.6 Å². The molecule has 1 aromatic carbocycles. The van der Waals surface area contributed by atoms with Crippen molar-refractivity contribution in [2.24, 2.45) is 4.99 Å². The molecular formula is C22H32FN7. The summed E-state index contributed by atoms with van der Waals surface area (Å²) in [7, 11) is 0. The first-order chi connectivity index (χ1) is 14.6. The molecule has 0 radical (unpaired) electrons. The van der Waals surface area contributed by atoms with Crippen LogP contribution in [0.3, 0.4) is 0 Å². The Morgan fingerprint density at radius 2 is 1.93 bits per heavy atom. The monoisotopic (exact) mass is 413 g/mol. The van der Waals surface area contributed by atoms with E-state index in [0.717, 1.165) is 56.7 Å². The Kier molecular flexibility index (Phi) is 7.96. The Morgan fingerprint density at radius 3 is 2.60 bits per heavy atom. The van der Waals surface area contributed by atoms with Gasteiger partial charge >= 0.3 is 0 Å². The Bertz CT molecular complexity index is 819. The molecule has 0 spiro atoms. The van der Waals surface area contributed by atoms with Crippen LogP contribution < -0.4 is 15.5 Å². The molecule has 1 atom stereocenters. The lowest BCUT2D eigenvalue weighted by Crippen LogP contribution is -2.48. The van der Waals surface area contributed by atoms with E-state index in [-0.39, 0.29) is 11.9 Å². The Balaban J connectivity index is 1.48. The summed E-state index contributed by atoms with van der Waals surface area (Å²) < 4.78 is 13.9. The van der Waals surface area contributed by atoms with Crippen molar-refractivity contribution in [1.82, 2.24) is 25.5 Å². The van der Waals surface area contributed by atoms with Gasteiger partial charge in [0.15, 0.2) is 5.96 Å². The van der Waals surface area contributed by atoms with E-state index in [1.54, 1.807) is 25.4 Å². The number of aromatic nitrogens is 2. The highest BCUT2D eigenvalue weighted by Crippen LogP contribution is 2.16. The largest absolute Gasteiger partial charge is 0.357 e. The van der Waals surface area contributed by atoms with Gasteiger partial charge in [-0.1, -0.05) is 12.1 Å². The zero-order chi connectivity index (χ0) is 21.3. The molecule has 2 N–H and O–H groups in total. The maximum atomic E-state index is 13.9. The van der Waals surface area contributed by atoms with Crippen LogP contribution in [-0.2, 0) is 0 Å². The van der Waals surface area contributed by atoms with Crippen LogP contribution >= 0.6 is 0 Å². The van der Waals surface area contributed by atoms with Crippen molar-refractivity contribution in [3.8, 4) is 0 Å². The number of rotatable bonds is 7. The summed E-state index contributed by atoms with van der Waals surface area (Å²) in [6.07, 6.45) is 3.56. The number of benzene rings is 1. The molecule has 0 aliphatic carbocycles. The van der Waals surface area contributed by atoms with Crippen LogP contribution in [-0.4, -0.2) is 66.6 Å². The fourth-order valence-electron chi connectivity index (χ4n) is 3.42. The fourth-order valence-corrected chi connectivity index (χ4v) is 3.42. The van der Waals surface area contributed by atoms with Crippen LogP contribution in [0.5, 0.6) is 0 Å². The van der Waals surface area contributed by atoms with Crippen LogP contribution in [0, 0.1) is 12.7 Å². The van der Waals surface area contributed by atoms with E-state index in [0.29, 0.717) is 12.1 Å². The third-order valence-electron chi connectivity index (χ3n) is 5.29. The standard InChI is InChI=1S/C22H32FN7/c1-4-24-21(28-18(3)19-7-6-17(2)20(23)16-19)25-10-11-29-12-14-30(15-13-29)22-26-8-5-9-27-22/h5-9,16,18H,4,10-15H2,1-3H3,(H2,24,25,28). The number of hydrogen-bond acceptors (Lipinski definition) is 5. The van der Waals surface area contributed by atoms with E-state index >= 15 is 0 Å². The first-order valence-electron chi connectivity index (χ1n) is 10.6. The molecule has 1 aliphatic rings. The lowest BCUT2D eigenvalue weighted by atomic mass is 10.1. The SMILES string of the molecule is CCNC(=NCCN1CCN(c2ncccn2)CC1)NC(C)c1ccc(C)c(F)c1. The molecule has 30 heavy (non-hydrogen) atoms. The number of guanidine groups is 1. The zero-order valence-electron chi connectivity index (χ0n) is 18.1. The van der Waals surface area contributed by atoms with Crippen LogP contribution in [0.4, 0.5) is 10.3 Å². The Morgan fingerprint density at radius 1 is 1.20 bits per heavy atom. The molecule has 0 saturated carbocycles. The summed E-state index contributed by atoms with van der Waals surface area (Å²) >= 11 is 0. The first kappa shape index (κ1) is 22.0. The van der Waals surface area contributed by atoms with Crippen molar-refractivity contribution in [3.05, 3.63) is 53.6 Å². The normalized spacial score (nSPS) is 16.4. The summed E-state index contributed by atoms with van der Waals surface area (Å²) in [6, 6.07) is 7.16. The number of halogens is 1. The minimum absolute atomic E-state index is 0.0349. The van der Waals surface area contributed by atoms with Gasteiger partial charge in [-0.05, 0) is 44.0 Å². The number of piperazine rings is 1. The summed E-state index contributed by atoms with van der Waals surface area (Å²) in [4.78, 5) is 18.0. The molecule has 2 aromatic rings. The molecule has 7 nitrogen and oxygen atoms in total. The average Bonchev–Trinajstić information content (AvgIpc) is 2.77. The van der Waals surface area contributed by atoms with Gasteiger partial charge < -0.3 is 15.5 Å². The van der Waals surface area contributed by atoms with Crippen LogP contribution in [0.1, 0.15) is 31.0 Å². The molecule has 162 valence electrons. The smallest absolute Gasteiger partial charge is 0.225 e. The number of hydrogen-bond donors (Lipinski definition) is 2. The highest BCUT2D eigenvalue weighted by atomic mass is 19.1. The van der Waals surface area contributed by atoms with E-state index in [1.807, 2.05) is 32.0 Å². The van der Waals surface area contributed by atoms with Crippen molar-refractivity contribution in [1.29, 1.82) is 0 Å².